The largest absolute Gasteiger partial charge is 0.497 e. The fourth-order valence-electron chi connectivity index (χ4n) is 2.49. The van der Waals surface area contributed by atoms with Crippen LogP contribution in [0.1, 0.15) is 0 Å². The van der Waals surface area contributed by atoms with E-state index in [0.29, 0.717) is 11.6 Å². The molecule has 2 heterocycles. The van der Waals surface area contributed by atoms with Gasteiger partial charge in [0.05, 0.1) is 20.8 Å². The monoisotopic (exact) mass is 405 g/mol. The summed E-state index contributed by atoms with van der Waals surface area (Å²) in [5.74, 6) is 1.08. The number of hydrogen-bond donors (Lipinski definition) is 1. The Bertz CT molecular complexity index is 1110. The maximum atomic E-state index is 12.6. The molecule has 0 radical (unpaired) electrons. The van der Waals surface area contributed by atoms with E-state index in [1.165, 1.54) is 53.9 Å². The second-order valence-electron chi connectivity index (χ2n) is 5.62. The van der Waals surface area contributed by atoms with Gasteiger partial charge in [-0.05, 0) is 24.3 Å². The molecular weight excluding hydrogens is 386 g/mol. The molecule has 1 aromatic carbocycles. The SMILES string of the molecule is COc1ccc(S(=O)(=O)NCCn2nc(-n3cccn3)ccc2=O)c(OC)c1. The third kappa shape index (κ3) is 4.21. The molecule has 3 rings (SSSR count). The van der Waals surface area contributed by atoms with Crippen LogP contribution in [-0.2, 0) is 16.6 Å². The Morgan fingerprint density at radius 1 is 1.14 bits per heavy atom. The van der Waals surface area contributed by atoms with Crippen molar-refractivity contribution in [3.05, 3.63) is 59.1 Å². The van der Waals surface area contributed by atoms with Gasteiger partial charge in [-0.1, -0.05) is 0 Å². The standard InChI is InChI=1S/C17H19N5O5S/c1-26-13-4-5-15(14(12-13)27-2)28(24,25)19-9-11-22-17(23)7-6-16(20-22)21-10-3-8-18-21/h3-8,10,12,19H,9,11H2,1-2H3. The molecule has 0 atom stereocenters. The van der Waals surface area contributed by atoms with Crippen molar-refractivity contribution in [2.45, 2.75) is 11.4 Å². The van der Waals surface area contributed by atoms with Gasteiger partial charge >= 0.3 is 0 Å². The molecule has 0 unspecified atom stereocenters. The molecule has 28 heavy (non-hydrogen) atoms. The van der Waals surface area contributed by atoms with Gasteiger partial charge in [0.2, 0.25) is 10.0 Å². The number of hydrogen-bond acceptors (Lipinski definition) is 7. The lowest BCUT2D eigenvalue weighted by Gasteiger charge is -2.12. The Kier molecular flexibility index (Phi) is 5.76. The minimum absolute atomic E-state index is 0.0265. The van der Waals surface area contributed by atoms with E-state index in [-0.39, 0.29) is 29.3 Å². The highest BCUT2D eigenvalue weighted by Crippen LogP contribution is 2.28. The molecule has 0 spiro atoms. The average Bonchev–Trinajstić information content (AvgIpc) is 3.23. The lowest BCUT2D eigenvalue weighted by Crippen LogP contribution is -2.32. The summed E-state index contributed by atoms with van der Waals surface area (Å²) >= 11 is 0. The first kappa shape index (κ1) is 19.6. The molecule has 0 amide bonds. The molecule has 2 aromatic heterocycles. The van der Waals surface area contributed by atoms with E-state index in [2.05, 4.69) is 14.9 Å². The van der Waals surface area contributed by atoms with Crippen LogP contribution in [0.2, 0.25) is 0 Å². The first-order valence-corrected chi connectivity index (χ1v) is 9.73. The molecule has 0 aliphatic heterocycles. The Balaban J connectivity index is 1.74. The number of rotatable bonds is 8. The summed E-state index contributed by atoms with van der Waals surface area (Å²) in [5.41, 5.74) is -0.350. The van der Waals surface area contributed by atoms with Crippen molar-refractivity contribution in [2.75, 3.05) is 20.8 Å². The highest BCUT2D eigenvalue weighted by Gasteiger charge is 2.20. The first-order valence-electron chi connectivity index (χ1n) is 8.24. The number of sulfonamides is 1. The van der Waals surface area contributed by atoms with Gasteiger partial charge in [-0.2, -0.15) is 5.10 Å². The Labute approximate surface area is 161 Å². The van der Waals surface area contributed by atoms with E-state index < -0.39 is 10.0 Å². The number of ether oxygens (including phenoxy) is 2. The fraction of sp³-hybridized carbons (Fsp3) is 0.235. The summed E-state index contributed by atoms with van der Waals surface area (Å²) in [6.45, 7) is 0.0125. The van der Waals surface area contributed by atoms with Crippen molar-refractivity contribution in [1.82, 2.24) is 24.3 Å². The van der Waals surface area contributed by atoms with Crippen LogP contribution in [0.4, 0.5) is 0 Å². The van der Waals surface area contributed by atoms with Gasteiger partial charge in [0, 0.05) is 31.1 Å². The number of benzene rings is 1. The van der Waals surface area contributed by atoms with Crippen LogP contribution < -0.4 is 19.8 Å². The van der Waals surface area contributed by atoms with Gasteiger partial charge in [-0.15, -0.1) is 5.10 Å². The van der Waals surface area contributed by atoms with E-state index in [1.54, 1.807) is 18.5 Å². The van der Waals surface area contributed by atoms with Crippen molar-refractivity contribution in [3.63, 3.8) is 0 Å². The summed E-state index contributed by atoms with van der Waals surface area (Å²) in [7, 11) is -1.01. The minimum Gasteiger partial charge on any atom is -0.497 e. The normalized spacial score (nSPS) is 11.4. The van der Waals surface area contributed by atoms with Crippen LogP contribution in [0, 0.1) is 0 Å². The molecule has 11 heteroatoms. The Morgan fingerprint density at radius 3 is 2.64 bits per heavy atom. The maximum absolute atomic E-state index is 12.6. The van der Waals surface area contributed by atoms with E-state index in [9.17, 15) is 13.2 Å². The van der Waals surface area contributed by atoms with Gasteiger partial charge < -0.3 is 9.47 Å². The van der Waals surface area contributed by atoms with Gasteiger partial charge in [0.15, 0.2) is 5.82 Å². The molecular formula is C17H19N5O5S. The van der Waals surface area contributed by atoms with E-state index in [1.807, 2.05) is 0 Å². The molecule has 0 saturated heterocycles. The molecule has 0 fully saturated rings. The Hall–Kier alpha value is -3.18. The van der Waals surface area contributed by atoms with Gasteiger partial charge in [-0.25, -0.2) is 22.5 Å². The Morgan fingerprint density at radius 2 is 1.96 bits per heavy atom. The van der Waals surface area contributed by atoms with E-state index in [0.717, 1.165) is 0 Å². The highest BCUT2D eigenvalue weighted by molar-refractivity contribution is 7.89. The average molecular weight is 405 g/mol. The zero-order valence-corrected chi connectivity index (χ0v) is 16.1. The highest BCUT2D eigenvalue weighted by atomic mass is 32.2. The molecule has 3 aromatic rings. The minimum atomic E-state index is -3.86. The number of methoxy groups -OCH3 is 2. The number of aromatic nitrogens is 4. The van der Waals surface area contributed by atoms with Crippen molar-refractivity contribution >= 4 is 10.0 Å². The summed E-state index contributed by atoms with van der Waals surface area (Å²) in [5, 5.41) is 8.24. The zero-order valence-electron chi connectivity index (χ0n) is 15.3. The van der Waals surface area contributed by atoms with Crippen molar-refractivity contribution < 1.29 is 17.9 Å². The fourth-order valence-corrected chi connectivity index (χ4v) is 3.66. The maximum Gasteiger partial charge on any atom is 0.266 e. The van der Waals surface area contributed by atoms with Crippen LogP contribution in [0.3, 0.4) is 0 Å². The summed E-state index contributed by atoms with van der Waals surface area (Å²) in [6.07, 6.45) is 3.28. The van der Waals surface area contributed by atoms with Crippen LogP contribution in [0.25, 0.3) is 5.82 Å². The van der Waals surface area contributed by atoms with Crippen LogP contribution >= 0.6 is 0 Å². The molecule has 10 nitrogen and oxygen atoms in total. The molecule has 148 valence electrons. The lowest BCUT2D eigenvalue weighted by molar-refractivity contribution is 0.386. The number of nitrogens with zero attached hydrogens (tertiary/aromatic N) is 4. The second-order valence-corrected chi connectivity index (χ2v) is 7.35. The van der Waals surface area contributed by atoms with Crippen LogP contribution in [-0.4, -0.2) is 48.7 Å². The van der Waals surface area contributed by atoms with Gasteiger partial charge in [0.1, 0.15) is 16.4 Å². The molecule has 0 bridgehead atoms. The third-order valence-corrected chi connectivity index (χ3v) is 5.37. The van der Waals surface area contributed by atoms with Crippen molar-refractivity contribution in [1.29, 1.82) is 0 Å². The topological polar surface area (TPSA) is 117 Å². The van der Waals surface area contributed by atoms with Crippen molar-refractivity contribution in [2.24, 2.45) is 0 Å². The molecule has 0 aliphatic carbocycles. The van der Waals surface area contributed by atoms with Gasteiger partial charge in [-0.3, -0.25) is 4.79 Å². The van der Waals surface area contributed by atoms with E-state index >= 15 is 0 Å². The second kappa shape index (κ2) is 8.23. The smallest absolute Gasteiger partial charge is 0.266 e. The molecule has 1 N–H and O–H groups in total. The van der Waals surface area contributed by atoms with Crippen LogP contribution in [0.15, 0.2) is 58.5 Å². The van der Waals surface area contributed by atoms with Gasteiger partial charge in [0.25, 0.3) is 5.56 Å². The third-order valence-electron chi connectivity index (χ3n) is 3.87. The summed E-state index contributed by atoms with van der Waals surface area (Å²) in [4.78, 5) is 12.0. The summed E-state index contributed by atoms with van der Waals surface area (Å²) in [6, 6.07) is 9.02. The summed E-state index contributed by atoms with van der Waals surface area (Å²) < 4.78 is 40.5. The lowest BCUT2D eigenvalue weighted by atomic mass is 10.3. The zero-order chi connectivity index (χ0) is 20.1. The quantitative estimate of drug-likeness (QED) is 0.577. The first-order chi connectivity index (χ1) is 13.4. The van der Waals surface area contributed by atoms with Crippen molar-refractivity contribution in [3.8, 4) is 17.3 Å². The predicted octanol–water partition coefficient (Wildman–Crippen LogP) is 0.425. The molecule has 0 aliphatic rings. The van der Waals surface area contributed by atoms with E-state index in [4.69, 9.17) is 9.47 Å². The van der Waals surface area contributed by atoms with Crippen LogP contribution in [0.5, 0.6) is 11.5 Å². The predicted molar refractivity (Wildman–Crippen MR) is 100 cm³/mol. The molecule has 0 saturated carbocycles. The number of nitrogens with one attached hydrogen (secondary N) is 1.